The van der Waals surface area contributed by atoms with Gasteiger partial charge in [0, 0.05) is 17.7 Å². The number of amides is 1. The molecule has 0 aliphatic carbocycles. The van der Waals surface area contributed by atoms with Crippen LogP contribution in [0.4, 0.5) is 0 Å². The van der Waals surface area contributed by atoms with Crippen molar-refractivity contribution in [2.45, 2.75) is 12.5 Å². The van der Waals surface area contributed by atoms with Gasteiger partial charge in [0.15, 0.2) is 23.0 Å². The second-order valence-corrected chi connectivity index (χ2v) is 8.59. The van der Waals surface area contributed by atoms with Crippen LogP contribution in [0.5, 0.6) is 23.0 Å². The van der Waals surface area contributed by atoms with E-state index in [1.165, 1.54) is 19.1 Å². The van der Waals surface area contributed by atoms with Crippen molar-refractivity contribution in [3.8, 4) is 23.0 Å². The summed E-state index contributed by atoms with van der Waals surface area (Å²) < 4.78 is 22.3. The lowest BCUT2D eigenvalue weighted by Crippen LogP contribution is -2.32. The van der Waals surface area contributed by atoms with Crippen LogP contribution in [0.25, 0.3) is 5.76 Å². The van der Waals surface area contributed by atoms with E-state index in [0.29, 0.717) is 60.3 Å². The molecule has 0 radical (unpaired) electrons. The first-order valence-electron chi connectivity index (χ1n) is 11.4. The highest BCUT2D eigenvalue weighted by Crippen LogP contribution is 2.46. The minimum Gasteiger partial charge on any atom is -0.507 e. The number of benzene rings is 2. The Hall–Kier alpha value is -3.72. The van der Waals surface area contributed by atoms with Gasteiger partial charge < -0.3 is 33.9 Å². The Balaban J connectivity index is 1.86. The molecule has 4 rings (SSSR count). The maximum Gasteiger partial charge on any atom is 0.295 e. The van der Waals surface area contributed by atoms with E-state index in [-0.39, 0.29) is 11.3 Å². The van der Waals surface area contributed by atoms with Crippen LogP contribution in [0.15, 0.2) is 42.0 Å². The molecule has 9 heteroatoms. The Labute approximate surface area is 204 Å². The monoisotopic (exact) mass is 482 g/mol. The van der Waals surface area contributed by atoms with Crippen LogP contribution in [0.1, 0.15) is 23.6 Å². The molecule has 1 N–H and O–H groups in total. The number of nitrogens with zero attached hydrogens (tertiary/aromatic N) is 2. The van der Waals surface area contributed by atoms with E-state index in [0.717, 1.165) is 6.54 Å². The zero-order valence-electron chi connectivity index (χ0n) is 20.4. The number of rotatable bonds is 8. The summed E-state index contributed by atoms with van der Waals surface area (Å²) in [6, 6.07) is 9.36. The molecule has 0 saturated carbocycles. The molecule has 0 bridgehead atoms. The number of fused-ring (bicyclic) bond motifs is 1. The van der Waals surface area contributed by atoms with Gasteiger partial charge in [0.25, 0.3) is 11.7 Å². The van der Waals surface area contributed by atoms with Gasteiger partial charge in [-0.1, -0.05) is 12.1 Å². The Morgan fingerprint density at radius 1 is 1.09 bits per heavy atom. The molecule has 2 aromatic rings. The standard InChI is InChI=1S/C26H30N2O7/c1-27(2)11-6-12-28-22(17-7-5-8-19(32-3)25(17)33-4)21(24(30)26(28)31)23(29)16-9-10-18-20(15-16)35-14-13-34-18/h5,7-10,15,22,29H,6,11-14H2,1-4H3/b23-21-/t22-/m0/s1. The van der Waals surface area contributed by atoms with Crippen LogP contribution < -0.4 is 18.9 Å². The van der Waals surface area contributed by atoms with Gasteiger partial charge in [-0.2, -0.15) is 0 Å². The summed E-state index contributed by atoms with van der Waals surface area (Å²) in [5, 5.41) is 11.4. The van der Waals surface area contributed by atoms with Crippen molar-refractivity contribution in [2.75, 3.05) is 54.6 Å². The Kier molecular flexibility index (Phi) is 7.16. The molecule has 0 spiro atoms. The molecule has 186 valence electrons. The molecule has 1 fully saturated rings. The largest absolute Gasteiger partial charge is 0.507 e. The highest BCUT2D eigenvalue weighted by atomic mass is 16.6. The number of para-hydroxylation sites is 1. The molecule has 35 heavy (non-hydrogen) atoms. The van der Waals surface area contributed by atoms with E-state index in [9.17, 15) is 14.7 Å². The summed E-state index contributed by atoms with van der Waals surface area (Å²) in [7, 11) is 6.91. The topological polar surface area (TPSA) is 97.8 Å². The van der Waals surface area contributed by atoms with Gasteiger partial charge in [-0.25, -0.2) is 0 Å². The quantitative estimate of drug-likeness (QED) is 0.349. The number of aliphatic hydroxyl groups excluding tert-OH is 1. The van der Waals surface area contributed by atoms with E-state index in [4.69, 9.17) is 18.9 Å². The lowest BCUT2D eigenvalue weighted by molar-refractivity contribution is -0.140. The minimum absolute atomic E-state index is 0.0110. The molecule has 1 saturated heterocycles. The van der Waals surface area contributed by atoms with Gasteiger partial charge in [-0.3, -0.25) is 9.59 Å². The van der Waals surface area contributed by atoms with Crippen LogP contribution in [-0.2, 0) is 9.59 Å². The molecule has 2 aromatic carbocycles. The third kappa shape index (κ3) is 4.64. The second-order valence-electron chi connectivity index (χ2n) is 8.59. The first-order chi connectivity index (χ1) is 16.9. The number of aliphatic hydroxyl groups is 1. The van der Waals surface area contributed by atoms with E-state index in [1.54, 1.807) is 36.4 Å². The molecular formula is C26H30N2O7. The fraction of sp³-hybridized carbons (Fsp3) is 0.385. The number of carbonyl (C=O) groups is 2. The maximum absolute atomic E-state index is 13.3. The van der Waals surface area contributed by atoms with Crippen molar-refractivity contribution in [2.24, 2.45) is 0 Å². The Morgan fingerprint density at radius 3 is 2.51 bits per heavy atom. The highest BCUT2D eigenvalue weighted by molar-refractivity contribution is 6.46. The molecule has 0 aromatic heterocycles. The number of ketones is 1. The molecule has 2 heterocycles. The summed E-state index contributed by atoms with van der Waals surface area (Å²) in [5.74, 6) is 0.176. The first-order valence-corrected chi connectivity index (χ1v) is 11.4. The summed E-state index contributed by atoms with van der Waals surface area (Å²) in [4.78, 5) is 30.0. The number of methoxy groups -OCH3 is 2. The average molecular weight is 483 g/mol. The third-order valence-corrected chi connectivity index (χ3v) is 6.09. The molecule has 1 atom stereocenters. The normalized spacial score (nSPS) is 18.8. The number of ether oxygens (including phenoxy) is 4. The lowest BCUT2D eigenvalue weighted by atomic mass is 9.94. The van der Waals surface area contributed by atoms with Crippen LogP contribution in [0, 0.1) is 0 Å². The molecule has 2 aliphatic rings. The van der Waals surface area contributed by atoms with Gasteiger partial charge in [-0.15, -0.1) is 0 Å². The van der Waals surface area contributed by atoms with E-state index >= 15 is 0 Å². The predicted molar refractivity (Wildman–Crippen MR) is 129 cm³/mol. The van der Waals surface area contributed by atoms with Gasteiger partial charge >= 0.3 is 0 Å². The summed E-state index contributed by atoms with van der Waals surface area (Å²) in [6.45, 7) is 1.87. The number of carbonyl (C=O) groups excluding carboxylic acids is 2. The van der Waals surface area contributed by atoms with Crippen molar-refractivity contribution in [3.63, 3.8) is 0 Å². The molecule has 9 nitrogen and oxygen atoms in total. The minimum atomic E-state index is -0.851. The van der Waals surface area contributed by atoms with Crippen molar-refractivity contribution in [3.05, 3.63) is 53.1 Å². The van der Waals surface area contributed by atoms with E-state index in [1.807, 2.05) is 19.0 Å². The van der Waals surface area contributed by atoms with Gasteiger partial charge in [0.1, 0.15) is 19.0 Å². The number of hydrogen-bond donors (Lipinski definition) is 1. The van der Waals surface area contributed by atoms with Crippen molar-refractivity contribution < 1.29 is 33.6 Å². The zero-order valence-corrected chi connectivity index (χ0v) is 20.4. The van der Waals surface area contributed by atoms with Crippen molar-refractivity contribution in [1.82, 2.24) is 9.80 Å². The molecule has 1 amide bonds. The molecular weight excluding hydrogens is 452 g/mol. The smallest absolute Gasteiger partial charge is 0.295 e. The van der Waals surface area contributed by atoms with Crippen LogP contribution >= 0.6 is 0 Å². The molecule has 2 aliphatic heterocycles. The number of Topliss-reactive ketones (excluding diaryl/α,β-unsaturated/α-hetero) is 1. The zero-order chi connectivity index (χ0) is 25.1. The van der Waals surface area contributed by atoms with Gasteiger partial charge in [0.2, 0.25) is 0 Å². The highest BCUT2D eigenvalue weighted by Gasteiger charge is 2.47. The number of likely N-dealkylation sites (tertiary alicyclic amines) is 1. The maximum atomic E-state index is 13.3. The Morgan fingerprint density at radius 2 is 1.83 bits per heavy atom. The van der Waals surface area contributed by atoms with Gasteiger partial charge in [-0.05, 0) is 51.3 Å². The second kappa shape index (κ2) is 10.3. The first kappa shape index (κ1) is 24.4. The van der Waals surface area contributed by atoms with Crippen LogP contribution in [-0.4, -0.2) is 81.2 Å². The SMILES string of the molecule is COc1cccc([C@H]2/C(=C(/O)c3ccc4c(c3)OCCO4)C(=O)C(=O)N2CCCN(C)C)c1OC. The average Bonchev–Trinajstić information content (AvgIpc) is 3.12. The van der Waals surface area contributed by atoms with Crippen molar-refractivity contribution >= 4 is 17.4 Å². The van der Waals surface area contributed by atoms with Crippen LogP contribution in [0.2, 0.25) is 0 Å². The third-order valence-electron chi connectivity index (χ3n) is 6.09. The van der Waals surface area contributed by atoms with Crippen molar-refractivity contribution in [1.29, 1.82) is 0 Å². The van der Waals surface area contributed by atoms with Crippen LogP contribution in [0.3, 0.4) is 0 Å². The number of hydrogen-bond acceptors (Lipinski definition) is 8. The predicted octanol–water partition coefficient (Wildman–Crippen LogP) is 2.85. The summed E-state index contributed by atoms with van der Waals surface area (Å²) in [5.41, 5.74) is 0.894. The summed E-state index contributed by atoms with van der Waals surface area (Å²) >= 11 is 0. The summed E-state index contributed by atoms with van der Waals surface area (Å²) in [6.07, 6.45) is 0.646. The lowest BCUT2D eigenvalue weighted by Gasteiger charge is -2.27. The fourth-order valence-corrected chi connectivity index (χ4v) is 4.46. The van der Waals surface area contributed by atoms with E-state index < -0.39 is 17.7 Å². The van der Waals surface area contributed by atoms with E-state index in [2.05, 4.69) is 0 Å². The fourth-order valence-electron chi connectivity index (χ4n) is 4.46. The van der Waals surface area contributed by atoms with Gasteiger partial charge in [0.05, 0.1) is 25.8 Å². The Bertz CT molecular complexity index is 1160. The molecule has 0 unspecified atom stereocenters.